The van der Waals surface area contributed by atoms with E-state index in [1.807, 2.05) is 31.2 Å². The fourth-order valence-corrected chi connectivity index (χ4v) is 5.81. The summed E-state index contributed by atoms with van der Waals surface area (Å²) in [5.41, 5.74) is 2.17. The maximum absolute atomic E-state index is 14.7. The Morgan fingerprint density at radius 1 is 0.750 bits per heavy atom. The van der Waals surface area contributed by atoms with Crippen LogP contribution in [-0.4, -0.2) is 57.8 Å². The number of anilines is 1. The van der Waals surface area contributed by atoms with E-state index >= 15 is 0 Å². The van der Waals surface area contributed by atoms with Crippen molar-refractivity contribution in [2.45, 2.75) is 39.9 Å². The first kappa shape index (κ1) is 37.1. The van der Waals surface area contributed by atoms with Crippen molar-refractivity contribution in [2.75, 3.05) is 40.9 Å². The fraction of sp³-hybridized carbons (Fsp3) is 0.275. The summed E-state index contributed by atoms with van der Waals surface area (Å²) in [5.74, 6) is 0.835. The standard InChI is InChI=1S/C40H42N2O10/c1-23-11-10-12-24(17-23)22-51-31-21-29-28(20-30(31)46-5)34(25-18-32(47-6)36(49-8)33(19-25)48-7)35(38(44)50-9)42(37(29)43)27-15-13-26(14-16-27)41-39(45)52-40(2,3)4/h10-21H,22H2,1-9H3,(H,41,45). The molecule has 0 radical (unpaired) electrons. The number of ether oxygens (including phenoxy) is 7. The molecule has 1 aromatic heterocycles. The van der Waals surface area contributed by atoms with Crippen LogP contribution in [0.4, 0.5) is 10.5 Å². The predicted octanol–water partition coefficient (Wildman–Crippen LogP) is 7.71. The van der Waals surface area contributed by atoms with E-state index in [9.17, 15) is 14.4 Å². The van der Waals surface area contributed by atoms with Crippen molar-refractivity contribution >= 4 is 28.5 Å². The lowest BCUT2D eigenvalue weighted by Gasteiger charge is -2.22. The molecule has 0 unspecified atom stereocenters. The Balaban J connectivity index is 1.81. The highest BCUT2D eigenvalue weighted by molar-refractivity contribution is 6.08. The molecule has 0 saturated carbocycles. The number of pyridine rings is 1. The van der Waals surface area contributed by atoms with Crippen LogP contribution in [0, 0.1) is 6.92 Å². The van der Waals surface area contributed by atoms with Gasteiger partial charge in [0.05, 0.1) is 40.9 Å². The van der Waals surface area contributed by atoms with E-state index in [-0.39, 0.29) is 17.7 Å². The molecule has 1 N–H and O–H groups in total. The number of amides is 1. The molecule has 0 aliphatic heterocycles. The Morgan fingerprint density at radius 2 is 1.38 bits per heavy atom. The number of nitrogens with one attached hydrogen (secondary N) is 1. The summed E-state index contributed by atoms with van der Waals surface area (Å²) in [5, 5.41) is 3.27. The third-order valence-corrected chi connectivity index (χ3v) is 8.05. The quantitative estimate of drug-likeness (QED) is 0.136. The Morgan fingerprint density at radius 3 is 1.94 bits per heavy atom. The fourth-order valence-electron chi connectivity index (χ4n) is 5.81. The van der Waals surface area contributed by atoms with Gasteiger partial charge in [0.25, 0.3) is 5.56 Å². The number of methoxy groups -OCH3 is 5. The number of benzene rings is 4. The normalized spacial score (nSPS) is 11.1. The zero-order valence-electron chi connectivity index (χ0n) is 30.7. The Labute approximate surface area is 301 Å². The smallest absolute Gasteiger partial charge is 0.412 e. The minimum atomic E-state index is -0.794. The van der Waals surface area contributed by atoms with Crippen LogP contribution in [0.5, 0.6) is 28.7 Å². The topological polar surface area (TPSA) is 133 Å². The first-order chi connectivity index (χ1) is 24.8. The molecule has 1 heterocycles. The average molecular weight is 711 g/mol. The highest BCUT2D eigenvalue weighted by Crippen LogP contribution is 2.45. The second kappa shape index (κ2) is 15.4. The van der Waals surface area contributed by atoms with Gasteiger partial charge in [0.15, 0.2) is 23.0 Å². The maximum atomic E-state index is 14.7. The number of carbonyl (C=O) groups is 2. The van der Waals surface area contributed by atoms with Gasteiger partial charge in [-0.2, -0.15) is 0 Å². The lowest BCUT2D eigenvalue weighted by Crippen LogP contribution is -2.27. The van der Waals surface area contributed by atoms with Gasteiger partial charge < -0.3 is 33.2 Å². The molecule has 52 heavy (non-hydrogen) atoms. The Bertz CT molecular complexity index is 2160. The van der Waals surface area contributed by atoms with Crippen LogP contribution in [0.2, 0.25) is 0 Å². The third kappa shape index (κ3) is 7.75. The van der Waals surface area contributed by atoms with Crippen molar-refractivity contribution in [3.63, 3.8) is 0 Å². The molecule has 0 aliphatic rings. The molecule has 0 aliphatic carbocycles. The van der Waals surface area contributed by atoms with E-state index < -0.39 is 23.2 Å². The number of fused-ring (bicyclic) bond motifs is 1. The SMILES string of the molecule is COC(=O)c1c(-c2cc(OC)c(OC)c(OC)c2)c2cc(OC)c(OCc3cccc(C)c3)cc2c(=O)n1-c1ccc(NC(=O)OC(C)(C)C)cc1. The second-order valence-electron chi connectivity index (χ2n) is 12.8. The van der Waals surface area contributed by atoms with E-state index in [0.717, 1.165) is 11.1 Å². The van der Waals surface area contributed by atoms with Crippen LogP contribution in [0.15, 0.2) is 77.6 Å². The van der Waals surface area contributed by atoms with Gasteiger partial charge in [0.2, 0.25) is 5.75 Å². The van der Waals surface area contributed by atoms with Crippen molar-refractivity contribution < 1.29 is 42.7 Å². The monoisotopic (exact) mass is 710 g/mol. The van der Waals surface area contributed by atoms with Crippen molar-refractivity contribution in [2.24, 2.45) is 0 Å². The zero-order chi connectivity index (χ0) is 37.7. The minimum absolute atomic E-state index is 0.0855. The van der Waals surface area contributed by atoms with Crippen LogP contribution in [0.1, 0.15) is 42.4 Å². The zero-order valence-corrected chi connectivity index (χ0v) is 30.7. The molecular weight excluding hydrogens is 668 g/mol. The number of carbonyl (C=O) groups excluding carboxylic acids is 2. The Hall–Kier alpha value is -6.17. The van der Waals surface area contributed by atoms with Crippen LogP contribution in [0.3, 0.4) is 0 Å². The number of hydrogen-bond acceptors (Lipinski definition) is 10. The van der Waals surface area contributed by atoms with E-state index in [0.29, 0.717) is 56.6 Å². The molecule has 5 aromatic rings. The van der Waals surface area contributed by atoms with Crippen LogP contribution in [-0.2, 0) is 16.1 Å². The summed E-state index contributed by atoms with van der Waals surface area (Å²) in [4.78, 5) is 41.0. The number of aromatic nitrogens is 1. The van der Waals surface area contributed by atoms with Gasteiger partial charge in [-0.25, -0.2) is 9.59 Å². The average Bonchev–Trinajstić information content (AvgIpc) is 3.12. The third-order valence-electron chi connectivity index (χ3n) is 8.05. The first-order valence-electron chi connectivity index (χ1n) is 16.3. The van der Waals surface area contributed by atoms with Gasteiger partial charge in [0, 0.05) is 22.3 Å². The summed E-state index contributed by atoms with van der Waals surface area (Å²) in [6.45, 7) is 7.49. The molecule has 0 spiro atoms. The second-order valence-corrected chi connectivity index (χ2v) is 12.8. The van der Waals surface area contributed by atoms with Crippen molar-refractivity contribution in [1.29, 1.82) is 0 Å². The summed E-state index contributed by atoms with van der Waals surface area (Å²) in [6.07, 6.45) is -0.643. The molecule has 5 rings (SSSR count). The minimum Gasteiger partial charge on any atom is -0.493 e. The number of nitrogens with zero attached hydrogens (tertiary/aromatic N) is 1. The van der Waals surface area contributed by atoms with Crippen LogP contribution in [0.25, 0.3) is 27.6 Å². The summed E-state index contributed by atoms with van der Waals surface area (Å²) >= 11 is 0. The van der Waals surface area contributed by atoms with E-state index in [2.05, 4.69) is 5.32 Å². The van der Waals surface area contributed by atoms with Crippen molar-refractivity contribution in [1.82, 2.24) is 4.57 Å². The molecule has 0 fully saturated rings. The summed E-state index contributed by atoms with van der Waals surface area (Å²) < 4.78 is 40.8. The predicted molar refractivity (Wildman–Crippen MR) is 198 cm³/mol. The highest BCUT2D eigenvalue weighted by atomic mass is 16.6. The van der Waals surface area contributed by atoms with Gasteiger partial charge in [0.1, 0.15) is 17.9 Å². The van der Waals surface area contributed by atoms with Gasteiger partial charge in [-0.1, -0.05) is 29.8 Å². The molecule has 0 atom stereocenters. The molecule has 1 amide bonds. The number of aryl methyl sites for hydroxylation is 1. The van der Waals surface area contributed by atoms with E-state index in [1.54, 1.807) is 69.3 Å². The molecular formula is C40H42N2O10. The van der Waals surface area contributed by atoms with Crippen LogP contribution >= 0.6 is 0 Å². The molecule has 0 saturated heterocycles. The number of rotatable bonds is 11. The lowest BCUT2D eigenvalue weighted by molar-refractivity contribution is 0.0589. The van der Waals surface area contributed by atoms with Gasteiger partial charge in [-0.05, 0) is 87.4 Å². The van der Waals surface area contributed by atoms with Crippen molar-refractivity contribution in [3.05, 3.63) is 100.0 Å². The number of hydrogen-bond donors (Lipinski definition) is 1. The molecule has 0 bridgehead atoms. The van der Waals surface area contributed by atoms with Gasteiger partial charge >= 0.3 is 12.1 Å². The van der Waals surface area contributed by atoms with E-state index in [1.165, 1.54) is 40.1 Å². The van der Waals surface area contributed by atoms with Gasteiger partial charge in [-0.15, -0.1) is 0 Å². The molecule has 272 valence electrons. The Kier molecular flexibility index (Phi) is 11.0. The largest absolute Gasteiger partial charge is 0.493 e. The van der Waals surface area contributed by atoms with Crippen LogP contribution < -0.4 is 34.6 Å². The molecule has 12 heteroatoms. The lowest BCUT2D eigenvalue weighted by atomic mass is 9.95. The molecule has 12 nitrogen and oxygen atoms in total. The van der Waals surface area contributed by atoms with Crippen molar-refractivity contribution in [3.8, 4) is 45.6 Å². The first-order valence-corrected chi connectivity index (χ1v) is 16.3. The summed E-state index contributed by atoms with van der Waals surface area (Å²) in [7, 11) is 7.18. The number of esters is 1. The molecule has 4 aromatic carbocycles. The summed E-state index contributed by atoms with van der Waals surface area (Å²) in [6, 6.07) is 20.9. The van der Waals surface area contributed by atoms with Gasteiger partial charge in [-0.3, -0.25) is 14.7 Å². The highest BCUT2D eigenvalue weighted by Gasteiger charge is 2.28. The maximum Gasteiger partial charge on any atom is 0.412 e. The van der Waals surface area contributed by atoms with E-state index in [4.69, 9.17) is 33.2 Å².